The minimum atomic E-state index is -1.69. The molecule has 0 radical (unpaired) electrons. The zero-order valence-electron chi connectivity index (χ0n) is 8.60. The smallest absolute Gasteiger partial charge is 0.550 e. The van der Waals surface area contributed by atoms with Gasteiger partial charge in [0.2, 0.25) is 0 Å². The van der Waals surface area contributed by atoms with E-state index in [-0.39, 0.29) is 70.9 Å². The maximum atomic E-state index is 8.90. The summed E-state index contributed by atoms with van der Waals surface area (Å²) in [6.45, 7) is 1.94. The Kier molecular flexibility index (Phi) is 46.6. The molecule has 0 aromatic carbocycles. The third kappa shape index (κ3) is 449. The van der Waals surface area contributed by atoms with Crippen LogP contribution in [-0.4, -0.2) is 17.9 Å². The molecular formula is C6H6KNO6Zn. The Balaban J connectivity index is -0.0000000315. The normalized spacial score (nSPS) is 5.13. The summed E-state index contributed by atoms with van der Waals surface area (Å²) in [5.74, 6) is -3.86. The van der Waals surface area contributed by atoms with Crippen LogP contribution in [-0.2, 0) is 33.9 Å². The molecule has 0 aromatic heterocycles. The molecule has 0 unspecified atom stereocenters. The van der Waals surface area contributed by atoms with Crippen LogP contribution in [0.4, 0.5) is 0 Å². The largest absolute Gasteiger partial charge is 2.00 e. The fourth-order valence-electron chi connectivity index (χ4n) is 0. The number of nitrogens with zero attached hydrogens (tertiary/aromatic N) is 1. The molecule has 0 aliphatic carbocycles. The molecule has 0 aliphatic rings. The van der Waals surface area contributed by atoms with Crippen molar-refractivity contribution in [3.63, 3.8) is 0 Å². The van der Waals surface area contributed by atoms with Crippen LogP contribution in [0.1, 0.15) is 13.8 Å². The van der Waals surface area contributed by atoms with E-state index in [0.717, 1.165) is 19.9 Å². The topological polar surface area (TPSA) is 144 Å². The van der Waals surface area contributed by atoms with Crippen molar-refractivity contribution >= 4 is 17.9 Å². The van der Waals surface area contributed by atoms with Crippen molar-refractivity contribution in [3.8, 4) is 6.07 Å². The second-order valence-electron chi connectivity index (χ2n) is 1.38. The Labute approximate surface area is 142 Å². The molecule has 0 spiro atoms. The van der Waals surface area contributed by atoms with Gasteiger partial charge in [-0.15, -0.1) is 0 Å². The molecule has 0 fully saturated rings. The fraction of sp³-hybridized carbons (Fsp3) is 0.333. The second-order valence-corrected chi connectivity index (χ2v) is 1.38. The van der Waals surface area contributed by atoms with E-state index in [1.165, 1.54) is 0 Å². The zero-order chi connectivity index (χ0) is 11.4. The number of carbonyl (C=O) groups excluding carboxylic acids is 3. The Bertz CT molecular complexity index is 206. The Morgan fingerprint density at radius 3 is 1.07 bits per heavy atom. The van der Waals surface area contributed by atoms with E-state index in [2.05, 4.69) is 0 Å². The Morgan fingerprint density at radius 1 is 1.00 bits per heavy atom. The molecule has 7 nitrogen and oxygen atoms in total. The van der Waals surface area contributed by atoms with Crippen molar-refractivity contribution in [1.29, 1.82) is 5.26 Å². The fourth-order valence-corrected chi connectivity index (χ4v) is 0. The number of carbonyl (C=O) groups is 3. The zero-order valence-corrected chi connectivity index (χ0v) is 14.7. The molecule has 0 saturated carbocycles. The maximum Gasteiger partial charge on any atom is 2.00 e. The van der Waals surface area contributed by atoms with Gasteiger partial charge in [0.1, 0.15) is 12.0 Å². The average molecular weight is 293 g/mol. The summed E-state index contributed by atoms with van der Waals surface area (Å²) < 4.78 is 0. The van der Waals surface area contributed by atoms with Gasteiger partial charge in [-0.3, -0.25) is 0 Å². The average Bonchev–Trinajstić information content (AvgIpc) is 1.84. The standard InChI is InChI=1S/C2HNO2.2C2H4O2.K.Zn/c3-1-2(4)5;2*1-2(3)4;;/h(H,4,5);2*1H3,(H,3,4);;/q;;;+1;+2/p-3. The van der Waals surface area contributed by atoms with Crippen molar-refractivity contribution in [2.75, 3.05) is 0 Å². The van der Waals surface area contributed by atoms with Crippen LogP contribution in [0.15, 0.2) is 0 Å². The van der Waals surface area contributed by atoms with Gasteiger partial charge < -0.3 is 29.7 Å². The molecule has 0 rings (SSSR count). The summed E-state index contributed by atoms with van der Waals surface area (Å²) in [6, 6.07) is 0.833. The van der Waals surface area contributed by atoms with E-state index >= 15 is 0 Å². The molecule has 0 aliphatic heterocycles. The first-order valence-corrected chi connectivity index (χ1v) is 2.70. The Morgan fingerprint density at radius 2 is 1.07 bits per heavy atom. The van der Waals surface area contributed by atoms with Crippen molar-refractivity contribution in [2.24, 2.45) is 0 Å². The summed E-state index contributed by atoms with van der Waals surface area (Å²) in [5, 5.41) is 33.9. The first-order valence-electron chi connectivity index (χ1n) is 2.70. The van der Waals surface area contributed by atoms with Crippen LogP contribution >= 0.6 is 0 Å². The van der Waals surface area contributed by atoms with Crippen molar-refractivity contribution in [1.82, 2.24) is 0 Å². The van der Waals surface area contributed by atoms with Gasteiger partial charge in [0, 0.05) is 11.9 Å². The molecule has 0 saturated heterocycles. The van der Waals surface area contributed by atoms with Gasteiger partial charge in [-0.1, -0.05) is 0 Å². The van der Waals surface area contributed by atoms with Gasteiger partial charge in [-0.25, -0.2) is 0 Å². The molecule has 74 valence electrons. The van der Waals surface area contributed by atoms with E-state index in [1.807, 2.05) is 0 Å². The monoisotopic (exact) mass is 291 g/mol. The number of hydrogen-bond donors (Lipinski definition) is 0. The molecule has 0 N–H and O–H groups in total. The van der Waals surface area contributed by atoms with Crippen LogP contribution < -0.4 is 66.7 Å². The minimum Gasteiger partial charge on any atom is -0.550 e. The van der Waals surface area contributed by atoms with E-state index in [1.54, 1.807) is 0 Å². The maximum absolute atomic E-state index is 8.90. The SMILES string of the molecule is CC(=O)[O-].CC(=O)[O-].N#CC(=O)[O-].[K+].[Zn+2]. The third-order valence-corrected chi connectivity index (χ3v) is 0.0913. The van der Waals surface area contributed by atoms with Crippen molar-refractivity contribution in [2.45, 2.75) is 13.8 Å². The van der Waals surface area contributed by atoms with E-state index < -0.39 is 17.9 Å². The summed E-state index contributed by atoms with van der Waals surface area (Å²) in [6.07, 6.45) is 0. The molecule has 0 bridgehead atoms. The van der Waals surface area contributed by atoms with Crippen LogP contribution in [0, 0.1) is 11.3 Å². The van der Waals surface area contributed by atoms with Gasteiger partial charge in [-0.2, -0.15) is 5.26 Å². The quantitative estimate of drug-likeness (QED) is 0.318. The Hall–Kier alpha value is 0.160. The second kappa shape index (κ2) is 23.8. The van der Waals surface area contributed by atoms with E-state index in [0.29, 0.717) is 0 Å². The van der Waals surface area contributed by atoms with Gasteiger partial charge >= 0.3 is 70.9 Å². The van der Waals surface area contributed by atoms with Gasteiger partial charge in [-0.05, 0) is 13.8 Å². The molecule has 0 aromatic rings. The molecule has 15 heavy (non-hydrogen) atoms. The van der Waals surface area contributed by atoms with Crippen LogP contribution in [0.25, 0.3) is 0 Å². The molecular weight excluding hydrogens is 287 g/mol. The van der Waals surface area contributed by atoms with Crippen LogP contribution in [0.2, 0.25) is 0 Å². The third-order valence-electron chi connectivity index (χ3n) is 0.0913. The summed E-state index contributed by atoms with van der Waals surface area (Å²) in [5.41, 5.74) is 0. The number of aliphatic carboxylic acids is 3. The van der Waals surface area contributed by atoms with Crippen molar-refractivity contribution in [3.05, 3.63) is 0 Å². The predicted octanol–water partition coefficient (Wildman–Crippen LogP) is -7.23. The summed E-state index contributed by atoms with van der Waals surface area (Å²) >= 11 is 0. The first-order chi connectivity index (χ1) is 5.73. The van der Waals surface area contributed by atoms with Gasteiger partial charge in [0.15, 0.2) is 0 Å². The minimum absolute atomic E-state index is 0. The van der Waals surface area contributed by atoms with E-state index in [4.69, 9.17) is 35.0 Å². The number of nitriles is 1. The molecule has 9 heteroatoms. The summed E-state index contributed by atoms with van der Waals surface area (Å²) in [7, 11) is 0. The predicted molar refractivity (Wildman–Crippen MR) is 32.0 cm³/mol. The van der Waals surface area contributed by atoms with Crippen LogP contribution in [0.3, 0.4) is 0 Å². The number of carboxylic acids is 3. The van der Waals surface area contributed by atoms with Crippen LogP contribution in [0.5, 0.6) is 0 Å². The molecule has 0 atom stereocenters. The number of hydrogen-bond acceptors (Lipinski definition) is 7. The molecule has 0 heterocycles. The van der Waals surface area contributed by atoms with Gasteiger partial charge in [0.25, 0.3) is 0 Å². The number of rotatable bonds is 0. The van der Waals surface area contributed by atoms with E-state index in [9.17, 15) is 0 Å². The first kappa shape index (κ1) is 29.4. The summed E-state index contributed by atoms with van der Waals surface area (Å²) in [4.78, 5) is 26.7. The number of carboxylic acid groups (broad SMARTS) is 3. The van der Waals surface area contributed by atoms with Crippen molar-refractivity contribution < 1.29 is 101 Å². The van der Waals surface area contributed by atoms with Gasteiger partial charge in [0.05, 0.1) is 0 Å². The molecule has 0 amide bonds.